The Hall–Kier alpha value is -3.16. The summed E-state index contributed by atoms with van der Waals surface area (Å²) in [7, 11) is 0. The third-order valence-corrected chi connectivity index (χ3v) is 3.93. The van der Waals surface area contributed by atoms with E-state index in [0.29, 0.717) is 5.69 Å². The van der Waals surface area contributed by atoms with Crippen LogP contribution in [0.4, 0.5) is 10.5 Å². The van der Waals surface area contributed by atoms with Crippen LogP contribution < -0.4 is 10.6 Å². The smallest absolute Gasteiger partial charge is 0.324 e. The molecule has 124 valence electrons. The minimum absolute atomic E-state index is 0.208. The highest BCUT2D eigenvalue weighted by atomic mass is 16.2. The van der Waals surface area contributed by atoms with Crippen LogP contribution in [0, 0.1) is 0 Å². The van der Waals surface area contributed by atoms with E-state index in [1.54, 1.807) is 50.8 Å². The molecule has 8 heteroatoms. The molecule has 0 bridgehead atoms. The molecule has 1 aliphatic rings. The molecule has 1 aromatic heterocycles. The molecule has 0 aliphatic carbocycles. The highest BCUT2D eigenvalue weighted by Crippen LogP contribution is 2.21. The quantitative estimate of drug-likeness (QED) is 0.823. The van der Waals surface area contributed by atoms with Gasteiger partial charge in [-0.3, -0.25) is 14.9 Å². The van der Waals surface area contributed by atoms with Gasteiger partial charge in [0, 0.05) is 23.8 Å². The summed E-state index contributed by atoms with van der Waals surface area (Å²) in [5.41, 5.74) is 0.391. The van der Waals surface area contributed by atoms with E-state index < -0.39 is 17.5 Å². The zero-order chi connectivity index (χ0) is 17.3. The Morgan fingerprint density at radius 2 is 2.12 bits per heavy atom. The molecule has 0 unspecified atom stereocenters. The van der Waals surface area contributed by atoms with Crippen molar-refractivity contribution in [2.24, 2.45) is 0 Å². The number of imide groups is 1. The minimum Gasteiger partial charge on any atom is -0.324 e. The SMILES string of the molecule is CC1(C)C(=O)NC(=O)N1CC(=O)Nc1cccc(-n2ccnc2)c1. The van der Waals surface area contributed by atoms with E-state index in [1.807, 2.05) is 10.6 Å². The van der Waals surface area contributed by atoms with E-state index in [-0.39, 0.29) is 12.5 Å². The highest BCUT2D eigenvalue weighted by molar-refractivity contribution is 6.08. The standard InChI is InChI=1S/C16H17N5O3/c1-16(2)14(23)19-15(24)21(16)9-13(22)18-11-4-3-5-12(8-11)20-7-6-17-10-20/h3-8,10H,9H2,1-2H3,(H,18,22)(H,19,23,24). The second-order valence-corrected chi connectivity index (χ2v) is 5.97. The topological polar surface area (TPSA) is 96.3 Å². The summed E-state index contributed by atoms with van der Waals surface area (Å²) >= 11 is 0. The summed E-state index contributed by atoms with van der Waals surface area (Å²) in [6.45, 7) is 2.99. The van der Waals surface area contributed by atoms with Crippen molar-refractivity contribution >= 4 is 23.5 Å². The lowest BCUT2D eigenvalue weighted by Crippen LogP contribution is -2.47. The average molecular weight is 327 g/mol. The number of urea groups is 1. The summed E-state index contributed by atoms with van der Waals surface area (Å²) in [5, 5.41) is 4.95. The first-order valence-corrected chi connectivity index (χ1v) is 7.39. The fraction of sp³-hybridized carbons (Fsp3) is 0.250. The van der Waals surface area contributed by atoms with E-state index in [0.717, 1.165) is 5.69 Å². The number of nitrogens with one attached hydrogen (secondary N) is 2. The molecular weight excluding hydrogens is 310 g/mol. The molecule has 0 atom stereocenters. The first-order valence-electron chi connectivity index (χ1n) is 7.39. The summed E-state index contributed by atoms with van der Waals surface area (Å²) in [5.74, 6) is -0.793. The number of carbonyl (C=O) groups is 3. The van der Waals surface area contributed by atoms with E-state index in [2.05, 4.69) is 15.6 Å². The minimum atomic E-state index is -1.05. The van der Waals surface area contributed by atoms with Gasteiger partial charge in [0.1, 0.15) is 12.1 Å². The van der Waals surface area contributed by atoms with Gasteiger partial charge < -0.3 is 14.8 Å². The Labute approximate surface area is 138 Å². The van der Waals surface area contributed by atoms with Gasteiger partial charge in [-0.05, 0) is 32.0 Å². The maximum atomic E-state index is 12.2. The molecule has 1 aromatic carbocycles. The van der Waals surface area contributed by atoms with Gasteiger partial charge in [0.25, 0.3) is 5.91 Å². The fourth-order valence-corrected chi connectivity index (χ4v) is 2.46. The Morgan fingerprint density at radius 3 is 2.75 bits per heavy atom. The third kappa shape index (κ3) is 2.85. The average Bonchev–Trinajstić information content (AvgIpc) is 3.12. The number of aromatic nitrogens is 2. The number of carbonyl (C=O) groups excluding carboxylic acids is 3. The summed E-state index contributed by atoms with van der Waals surface area (Å²) < 4.78 is 1.81. The van der Waals surface area contributed by atoms with Crippen LogP contribution in [0.2, 0.25) is 0 Å². The van der Waals surface area contributed by atoms with Crippen molar-refractivity contribution in [2.75, 3.05) is 11.9 Å². The van der Waals surface area contributed by atoms with Gasteiger partial charge in [0.15, 0.2) is 0 Å². The number of nitrogens with zero attached hydrogens (tertiary/aromatic N) is 3. The zero-order valence-corrected chi connectivity index (χ0v) is 13.3. The monoisotopic (exact) mass is 327 g/mol. The number of anilines is 1. The summed E-state index contributed by atoms with van der Waals surface area (Å²) in [6, 6.07) is 6.67. The maximum absolute atomic E-state index is 12.2. The van der Waals surface area contributed by atoms with E-state index in [9.17, 15) is 14.4 Å². The Balaban J connectivity index is 1.71. The Bertz CT molecular complexity index is 798. The number of hydrogen-bond acceptors (Lipinski definition) is 4. The van der Waals surface area contributed by atoms with E-state index in [4.69, 9.17) is 0 Å². The van der Waals surface area contributed by atoms with Crippen LogP contribution in [-0.4, -0.2) is 44.4 Å². The van der Waals surface area contributed by atoms with Gasteiger partial charge >= 0.3 is 6.03 Å². The molecule has 1 saturated heterocycles. The summed E-state index contributed by atoms with van der Waals surface area (Å²) in [6.07, 6.45) is 5.11. The molecule has 2 heterocycles. The molecule has 8 nitrogen and oxygen atoms in total. The fourth-order valence-electron chi connectivity index (χ4n) is 2.46. The lowest BCUT2D eigenvalue weighted by molar-refractivity contribution is -0.126. The van der Waals surface area contributed by atoms with Crippen molar-refractivity contribution in [1.82, 2.24) is 19.8 Å². The van der Waals surface area contributed by atoms with Crippen molar-refractivity contribution in [2.45, 2.75) is 19.4 Å². The molecule has 2 N–H and O–H groups in total. The van der Waals surface area contributed by atoms with Crippen molar-refractivity contribution < 1.29 is 14.4 Å². The normalized spacial score (nSPS) is 16.2. The van der Waals surface area contributed by atoms with Crippen molar-refractivity contribution in [3.63, 3.8) is 0 Å². The molecular formula is C16H17N5O3. The molecule has 3 rings (SSSR count). The molecule has 2 aromatic rings. The number of imidazole rings is 1. The van der Waals surface area contributed by atoms with Crippen molar-refractivity contribution in [3.8, 4) is 5.69 Å². The van der Waals surface area contributed by atoms with Crippen molar-refractivity contribution in [1.29, 1.82) is 0 Å². The molecule has 0 spiro atoms. The van der Waals surface area contributed by atoms with Crippen LogP contribution in [0.3, 0.4) is 0 Å². The van der Waals surface area contributed by atoms with Crippen LogP contribution in [0.25, 0.3) is 5.69 Å². The van der Waals surface area contributed by atoms with Crippen LogP contribution in [0.15, 0.2) is 43.0 Å². The number of benzene rings is 1. The molecule has 24 heavy (non-hydrogen) atoms. The molecule has 1 aliphatic heterocycles. The van der Waals surface area contributed by atoms with Crippen LogP contribution in [0.5, 0.6) is 0 Å². The van der Waals surface area contributed by atoms with Gasteiger partial charge in [-0.25, -0.2) is 9.78 Å². The number of rotatable bonds is 4. The van der Waals surface area contributed by atoms with Gasteiger partial charge in [-0.1, -0.05) is 6.07 Å². The highest BCUT2D eigenvalue weighted by Gasteiger charge is 2.46. The first kappa shape index (κ1) is 15.7. The lowest BCUT2D eigenvalue weighted by Gasteiger charge is -2.27. The molecule has 0 radical (unpaired) electrons. The van der Waals surface area contributed by atoms with E-state index in [1.165, 1.54) is 4.90 Å². The molecule has 0 saturated carbocycles. The Morgan fingerprint density at radius 1 is 1.33 bits per heavy atom. The van der Waals surface area contributed by atoms with Crippen molar-refractivity contribution in [3.05, 3.63) is 43.0 Å². The maximum Gasteiger partial charge on any atom is 0.325 e. The van der Waals surface area contributed by atoms with E-state index >= 15 is 0 Å². The van der Waals surface area contributed by atoms with Gasteiger partial charge in [0.2, 0.25) is 5.91 Å². The first-order chi connectivity index (χ1) is 11.4. The van der Waals surface area contributed by atoms with Crippen LogP contribution in [0.1, 0.15) is 13.8 Å². The summed E-state index contributed by atoms with van der Waals surface area (Å²) in [4.78, 5) is 41.0. The number of hydrogen-bond donors (Lipinski definition) is 2. The van der Waals surface area contributed by atoms with Crippen LogP contribution in [-0.2, 0) is 9.59 Å². The predicted molar refractivity (Wildman–Crippen MR) is 86.5 cm³/mol. The molecule has 4 amide bonds. The lowest BCUT2D eigenvalue weighted by atomic mass is 10.0. The zero-order valence-electron chi connectivity index (χ0n) is 13.3. The molecule has 1 fully saturated rings. The van der Waals surface area contributed by atoms with Crippen LogP contribution >= 0.6 is 0 Å². The Kier molecular flexibility index (Phi) is 3.80. The van der Waals surface area contributed by atoms with Gasteiger partial charge in [0.05, 0.1) is 6.33 Å². The number of amides is 4. The predicted octanol–water partition coefficient (Wildman–Crippen LogP) is 1.14. The largest absolute Gasteiger partial charge is 0.325 e. The second-order valence-electron chi connectivity index (χ2n) is 5.97. The van der Waals surface area contributed by atoms with Gasteiger partial charge in [-0.15, -0.1) is 0 Å². The second kappa shape index (κ2) is 5.80. The third-order valence-electron chi connectivity index (χ3n) is 3.93. The van der Waals surface area contributed by atoms with Gasteiger partial charge in [-0.2, -0.15) is 0 Å².